The fourth-order valence-corrected chi connectivity index (χ4v) is 2.67. The molecule has 1 heterocycles. The maximum atomic E-state index is 9.10. The third kappa shape index (κ3) is 2.63. The van der Waals surface area contributed by atoms with Crippen LogP contribution in [0.4, 0.5) is 5.69 Å². The first-order valence-corrected chi connectivity index (χ1v) is 6.67. The second kappa shape index (κ2) is 5.08. The number of piperazine rings is 1. The normalized spacial score (nSPS) is 20.2. The summed E-state index contributed by atoms with van der Waals surface area (Å²) in [5.74, 6) is 0. The van der Waals surface area contributed by atoms with E-state index in [1.165, 1.54) is 0 Å². The van der Waals surface area contributed by atoms with Crippen molar-refractivity contribution in [3.8, 4) is 0 Å². The van der Waals surface area contributed by atoms with Crippen LogP contribution in [0.15, 0.2) is 18.2 Å². The monoisotopic (exact) mass is 268 g/mol. The highest BCUT2D eigenvalue weighted by molar-refractivity contribution is 6.33. The van der Waals surface area contributed by atoms with Gasteiger partial charge in [0.2, 0.25) is 0 Å². The fourth-order valence-electron chi connectivity index (χ4n) is 2.35. The molecule has 1 aliphatic heterocycles. The number of likely N-dealkylation sites (N-methyl/N-ethyl adjacent to an activating group) is 1. The molecule has 0 bridgehead atoms. The lowest BCUT2D eigenvalue weighted by Crippen LogP contribution is -2.57. The molecule has 0 amide bonds. The van der Waals surface area contributed by atoms with E-state index in [4.69, 9.17) is 16.7 Å². The van der Waals surface area contributed by atoms with Crippen molar-refractivity contribution in [2.75, 3.05) is 31.6 Å². The standard InChI is InChI=1S/C14H21ClN2O/c1-14(2)10-17(7-6-16(14)3)13-5-4-11(9-18)8-12(13)15/h4-5,8,18H,6-7,9-10H2,1-3H3. The average Bonchev–Trinajstić information content (AvgIpc) is 2.32. The maximum absolute atomic E-state index is 9.10. The van der Waals surface area contributed by atoms with Gasteiger partial charge in [-0.25, -0.2) is 0 Å². The number of aliphatic hydroxyl groups excluding tert-OH is 1. The second-order valence-corrected chi connectivity index (χ2v) is 6.01. The van der Waals surface area contributed by atoms with Crippen molar-refractivity contribution >= 4 is 17.3 Å². The van der Waals surface area contributed by atoms with Gasteiger partial charge in [-0.2, -0.15) is 0 Å². The summed E-state index contributed by atoms with van der Waals surface area (Å²) in [6.07, 6.45) is 0. The van der Waals surface area contributed by atoms with E-state index in [1.807, 2.05) is 18.2 Å². The first-order valence-electron chi connectivity index (χ1n) is 6.29. The van der Waals surface area contributed by atoms with Crippen LogP contribution in [0.2, 0.25) is 5.02 Å². The minimum absolute atomic E-state index is 0.0359. The van der Waals surface area contributed by atoms with Crippen molar-refractivity contribution in [2.24, 2.45) is 0 Å². The lowest BCUT2D eigenvalue weighted by Gasteiger charge is -2.46. The lowest BCUT2D eigenvalue weighted by molar-refractivity contribution is 0.139. The highest BCUT2D eigenvalue weighted by Crippen LogP contribution is 2.31. The Morgan fingerprint density at radius 3 is 2.61 bits per heavy atom. The molecule has 1 fully saturated rings. The highest BCUT2D eigenvalue weighted by atomic mass is 35.5. The van der Waals surface area contributed by atoms with E-state index in [0.29, 0.717) is 0 Å². The third-order valence-electron chi connectivity index (χ3n) is 3.85. The number of hydrogen-bond donors (Lipinski definition) is 1. The molecular weight excluding hydrogens is 248 g/mol. The number of hydrogen-bond acceptors (Lipinski definition) is 3. The molecule has 2 rings (SSSR count). The van der Waals surface area contributed by atoms with Crippen molar-refractivity contribution < 1.29 is 5.11 Å². The average molecular weight is 269 g/mol. The van der Waals surface area contributed by atoms with Crippen LogP contribution in [0.5, 0.6) is 0 Å². The third-order valence-corrected chi connectivity index (χ3v) is 4.15. The van der Waals surface area contributed by atoms with Crippen LogP contribution in [-0.2, 0) is 6.61 Å². The second-order valence-electron chi connectivity index (χ2n) is 5.60. The van der Waals surface area contributed by atoms with Gasteiger partial charge in [0.25, 0.3) is 0 Å². The van der Waals surface area contributed by atoms with Crippen LogP contribution in [0.1, 0.15) is 19.4 Å². The Morgan fingerprint density at radius 1 is 1.33 bits per heavy atom. The smallest absolute Gasteiger partial charge is 0.0682 e. The van der Waals surface area contributed by atoms with E-state index < -0.39 is 0 Å². The molecule has 1 aromatic carbocycles. The van der Waals surface area contributed by atoms with Gasteiger partial charge in [0.15, 0.2) is 0 Å². The largest absolute Gasteiger partial charge is 0.392 e. The van der Waals surface area contributed by atoms with Crippen molar-refractivity contribution in [1.29, 1.82) is 0 Å². The van der Waals surface area contributed by atoms with Gasteiger partial charge >= 0.3 is 0 Å². The van der Waals surface area contributed by atoms with E-state index in [1.54, 1.807) is 0 Å². The number of halogens is 1. The van der Waals surface area contributed by atoms with Crippen LogP contribution in [-0.4, -0.2) is 42.2 Å². The van der Waals surface area contributed by atoms with Gasteiger partial charge in [0.05, 0.1) is 17.3 Å². The summed E-state index contributed by atoms with van der Waals surface area (Å²) >= 11 is 6.30. The van der Waals surface area contributed by atoms with E-state index in [0.717, 1.165) is 35.9 Å². The zero-order valence-electron chi connectivity index (χ0n) is 11.3. The van der Waals surface area contributed by atoms with Gasteiger partial charge in [0, 0.05) is 25.2 Å². The highest BCUT2D eigenvalue weighted by Gasteiger charge is 2.31. The zero-order chi connectivity index (χ0) is 13.3. The molecule has 1 N–H and O–H groups in total. The van der Waals surface area contributed by atoms with Gasteiger partial charge in [-0.3, -0.25) is 4.90 Å². The van der Waals surface area contributed by atoms with Crippen LogP contribution in [0.3, 0.4) is 0 Å². The minimum atomic E-state index is 0.0359. The first-order chi connectivity index (χ1) is 8.44. The van der Waals surface area contributed by atoms with E-state index in [2.05, 4.69) is 30.7 Å². The molecule has 1 saturated heterocycles. The Morgan fingerprint density at radius 2 is 2.06 bits per heavy atom. The first kappa shape index (κ1) is 13.7. The Kier molecular flexibility index (Phi) is 3.85. The summed E-state index contributed by atoms with van der Waals surface area (Å²) in [5, 5.41) is 9.83. The van der Waals surface area contributed by atoms with Crippen molar-refractivity contribution in [2.45, 2.75) is 26.0 Å². The van der Waals surface area contributed by atoms with Gasteiger partial charge in [-0.1, -0.05) is 17.7 Å². The van der Waals surface area contributed by atoms with Crippen molar-refractivity contribution in [3.05, 3.63) is 28.8 Å². The van der Waals surface area contributed by atoms with Crippen LogP contribution >= 0.6 is 11.6 Å². The molecule has 3 nitrogen and oxygen atoms in total. The zero-order valence-corrected chi connectivity index (χ0v) is 12.0. The van der Waals surface area contributed by atoms with Crippen LogP contribution in [0, 0.1) is 0 Å². The van der Waals surface area contributed by atoms with Gasteiger partial charge in [-0.05, 0) is 38.6 Å². The number of anilines is 1. The van der Waals surface area contributed by atoms with Gasteiger partial charge in [0.1, 0.15) is 0 Å². The van der Waals surface area contributed by atoms with Crippen LogP contribution < -0.4 is 4.90 Å². The molecule has 1 aliphatic rings. The van der Waals surface area contributed by atoms with Crippen molar-refractivity contribution in [3.63, 3.8) is 0 Å². The maximum Gasteiger partial charge on any atom is 0.0682 e. The SMILES string of the molecule is CN1CCN(c2ccc(CO)cc2Cl)CC1(C)C. The molecule has 18 heavy (non-hydrogen) atoms. The predicted molar refractivity (Wildman–Crippen MR) is 76.3 cm³/mol. The molecular formula is C14H21ClN2O. The lowest BCUT2D eigenvalue weighted by atomic mass is 9.99. The van der Waals surface area contributed by atoms with Gasteiger partial charge in [-0.15, -0.1) is 0 Å². The topological polar surface area (TPSA) is 26.7 Å². The molecule has 100 valence electrons. The van der Waals surface area contributed by atoms with Gasteiger partial charge < -0.3 is 10.0 Å². The summed E-state index contributed by atoms with van der Waals surface area (Å²) < 4.78 is 0. The molecule has 0 unspecified atom stereocenters. The molecule has 0 atom stereocenters. The summed E-state index contributed by atoms with van der Waals surface area (Å²) in [6, 6.07) is 5.80. The quantitative estimate of drug-likeness (QED) is 0.892. The number of aliphatic hydroxyl groups is 1. The minimum Gasteiger partial charge on any atom is -0.392 e. The molecule has 1 aromatic rings. The number of rotatable bonds is 2. The Hall–Kier alpha value is -0.770. The van der Waals surface area contributed by atoms with E-state index in [9.17, 15) is 0 Å². The Balaban J connectivity index is 2.22. The summed E-state index contributed by atoms with van der Waals surface area (Å²) in [6.45, 7) is 7.50. The van der Waals surface area contributed by atoms with Crippen LogP contribution in [0.25, 0.3) is 0 Å². The predicted octanol–water partition coefficient (Wildman–Crippen LogP) is 2.36. The molecule has 0 aromatic heterocycles. The molecule has 0 aliphatic carbocycles. The van der Waals surface area contributed by atoms with Crippen molar-refractivity contribution in [1.82, 2.24) is 4.90 Å². The molecule has 0 spiro atoms. The summed E-state index contributed by atoms with van der Waals surface area (Å²) in [7, 11) is 2.16. The van der Waals surface area contributed by atoms with E-state index in [-0.39, 0.29) is 12.1 Å². The Labute approximate surface area is 114 Å². The summed E-state index contributed by atoms with van der Waals surface area (Å²) in [4.78, 5) is 4.70. The molecule has 4 heteroatoms. The number of benzene rings is 1. The Bertz CT molecular complexity index is 434. The molecule has 0 radical (unpaired) electrons. The number of nitrogens with zero attached hydrogens (tertiary/aromatic N) is 2. The molecule has 0 saturated carbocycles. The van der Waals surface area contributed by atoms with E-state index >= 15 is 0 Å². The summed E-state index contributed by atoms with van der Waals surface area (Å²) in [5.41, 5.74) is 2.07. The fraction of sp³-hybridized carbons (Fsp3) is 0.571.